The van der Waals surface area contributed by atoms with E-state index in [1.807, 2.05) is 30.3 Å². The highest BCUT2D eigenvalue weighted by Crippen LogP contribution is 2.29. The zero-order valence-electron chi connectivity index (χ0n) is 18.1. The second-order valence-electron chi connectivity index (χ2n) is 7.78. The minimum atomic E-state index is -0.238. The summed E-state index contributed by atoms with van der Waals surface area (Å²) in [6, 6.07) is 22.8. The van der Waals surface area contributed by atoms with Crippen LogP contribution >= 0.6 is 0 Å². The molecule has 3 aromatic rings. The molecule has 0 spiro atoms. The molecule has 0 saturated carbocycles. The predicted octanol–water partition coefficient (Wildman–Crippen LogP) is 3.89. The number of carbonyl (C=O) groups is 1. The van der Waals surface area contributed by atoms with E-state index >= 15 is 0 Å². The van der Waals surface area contributed by atoms with Crippen LogP contribution in [0, 0.1) is 11.3 Å². The van der Waals surface area contributed by atoms with Crippen molar-refractivity contribution in [2.45, 2.75) is 6.54 Å². The van der Waals surface area contributed by atoms with E-state index in [4.69, 9.17) is 10.00 Å². The molecule has 3 aromatic carbocycles. The molecule has 4 rings (SSSR count). The lowest BCUT2D eigenvalue weighted by molar-refractivity contribution is 0.102. The average Bonchev–Trinajstić information content (AvgIpc) is 2.85. The third-order valence-corrected chi connectivity index (χ3v) is 5.61. The molecular formula is C26H26N4O2. The van der Waals surface area contributed by atoms with Gasteiger partial charge in [0.15, 0.2) is 0 Å². The fourth-order valence-corrected chi connectivity index (χ4v) is 3.87. The van der Waals surface area contributed by atoms with Crippen molar-refractivity contribution in [3.8, 4) is 22.9 Å². The van der Waals surface area contributed by atoms with Crippen molar-refractivity contribution >= 4 is 11.6 Å². The summed E-state index contributed by atoms with van der Waals surface area (Å²) in [4.78, 5) is 14.9. The van der Waals surface area contributed by atoms with Gasteiger partial charge in [0, 0.05) is 49.5 Å². The van der Waals surface area contributed by atoms with Gasteiger partial charge in [0.1, 0.15) is 5.75 Å². The van der Waals surface area contributed by atoms with Crippen LogP contribution in [-0.2, 0) is 6.54 Å². The first-order valence-corrected chi connectivity index (χ1v) is 10.7. The van der Waals surface area contributed by atoms with Crippen LogP contribution in [0.15, 0.2) is 66.7 Å². The van der Waals surface area contributed by atoms with Crippen LogP contribution in [0.25, 0.3) is 11.1 Å². The number of hydrogen-bond acceptors (Lipinski definition) is 5. The Morgan fingerprint density at radius 1 is 1.06 bits per heavy atom. The average molecular weight is 427 g/mol. The molecule has 1 aliphatic heterocycles. The summed E-state index contributed by atoms with van der Waals surface area (Å²) in [6.07, 6.45) is 0. The maximum absolute atomic E-state index is 12.5. The normalized spacial score (nSPS) is 13.9. The zero-order chi connectivity index (χ0) is 22.3. The summed E-state index contributed by atoms with van der Waals surface area (Å²) in [5, 5.41) is 15.3. The summed E-state index contributed by atoms with van der Waals surface area (Å²) in [6.45, 7) is 4.93. The second kappa shape index (κ2) is 10.1. The summed E-state index contributed by atoms with van der Waals surface area (Å²) in [7, 11) is 1.71. The standard InChI is InChI=1S/C26H26N4O2/c1-32-25-10-7-21(16-23(25)18-30-13-11-28-12-14-30)20-5-8-24(9-6-20)29-26(31)22-4-2-3-19(15-22)17-27/h2-10,15-16,28H,11-14,18H2,1H3,(H,29,31). The van der Waals surface area contributed by atoms with Gasteiger partial charge >= 0.3 is 0 Å². The molecule has 32 heavy (non-hydrogen) atoms. The van der Waals surface area contributed by atoms with Gasteiger partial charge in [0.05, 0.1) is 18.7 Å². The summed E-state index contributed by atoms with van der Waals surface area (Å²) in [5.74, 6) is 0.661. The highest BCUT2D eigenvalue weighted by Gasteiger charge is 2.14. The highest BCUT2D eigenvalue weighted by atomic mass is 16.5. The number of carbonyl (C=O) groups excluding carboxylic acids is 1. The third kappa shape index (κ3) is 5.14. The SMILES string of the molecule is COc1ccc(-c2ccc(NC(=O)c3cccc(C#N)c3)cc2)cc1CN1CCNCC1. The van der Waals surface area contributed by atoms with E-state index in [-0.39, 0.29) is 5.91 Å². The molecule has 1 amide bonds. The van der Waals surface area contributed by atoms with E-state index in [2.05, 4.69) is 33.7 Å². The molecule has 0 aliphatic carbocycles. The molecule has 1 saturated heterocycles. The Hall–Kier alpha value is -3.66. The van der Waals surface area contributed by atoms with Crippen molar-refractivity contribution < 1.29 is 9.53 Å². The summed E-state index contributed by atoms with van der Waals surface area (Å²) in [5.41, 5.74) is 4.97. The number of nitrogens with zero attached hydrogens (tertiary/aromatic N) is 2. The Bertz CT molecular complexity index is 1130. The molecule has 0 radical (unpaired) electrons. The van der Waals surface area contributed by atoms with Crippen LogP contribution in [0.4, 0.5) is 5.69 Å². The van der Waals surface area contributed by atoms with E-state index in [0.717, 1.165) is 49.6 Å². The molecule has 0 bridgehead atoms. The molecule has 2 N–H and O–H groups in total. The van der Waals surface area contributed by atoms with Gasteiger partial charge in [-0.05, 0) is 53.6 Å². The number of nitriles is 1. The first-order chi connectivity index (χ1) is 15.7. The summed E-state index contributed by atoms with van der Waals surface area (Å²) < 4.78 is 5.59. The lowest BCUT2D eigenvalue weighted by atomic mass is 10.0. The van der Waals surface area contributed by atoms with E-state index in [9.17, 15) is 4.79 Å². The van der Waals surface area contributed by atoms with Gasteiger partial charge in [-0.25, -0.2) is 0 Å². The minimum absolute atomic E-state index is 0.238. The monoisotopic (exact) mass is 426 g/mol. The van der Waals surface area contributed by atoms with E-state index < -0.39 is 0 Å². The molecule has 162 valence electrons. The van der Waals surface area contributed by atoms with Crippen LogP contribution in [0.5, 0.6) is 5.75 Å². The second-order valence-corrected chi connectivity index (χ2v) is 7.78. The Morgan fingerprint density at radius 3 is 2.53 bits per heavy atom. The van der Waals surface area contributed by atoms with Crippen LogP contribution < -0.4 is 15.4 Å². The maximum atomic E-state index is 12.5. The number of anilines is 1. The maximum Gasteiger partial charge on any atom is 0.255 e. The Morgan fingerprint density at radius 2 is 1.81 bits per heavy atom. The first-order valence-electron chi connectivity index (χ1n) is 10.7. The van der Waals surface area contributed by atoms with Gasteiger partial charge in [0.2, 0.25) is 0 Å². The van der Waals surface area contributed by atoms with Gasteiger partial charge in [-0.15, -0.1) is 0 Å². The number of benzene rings is 3. The lowest BCUT2D eigenvalue weighted by Gasteiger charge is -2.28. The van der Waals surface area contributed by atoms with Crippen molar-refractivity contribution in [1.29, 1.82) is 5.26 Å². The van der Waals surface area contributed by atoms with Gasteiger partial charge in [-0.2, -0.15) is 5.26 Å². The van der Waals surface area contributed by atoms with Gasteiger partial charge < -0.3 is 15.4 Å². The Labute approximate surface area is 188 Å². The molecule has 6 nitrogen and oxygen atoms in total. The molecule has 1 aliphatic rings. The number of piperazine rings is 1. The van der Waals surface area contributed by atoms with Gasteiger partial charge in [-0.1, -0.05) is 24.3 Å². The zero-order valence-corrected chi connectivity index (χ0v) is 18.1. The fourth-order valence-electron chi connectivity index (χ4n) is 3.87. The van der Waals surface area contributed by atoms with Crippen LogP contribution in [0.3, 0.4) is 0 Å². The van der Waals surface area contributed by atoms with Crippen molar-refractivity contribution in [3.05, 3.63) is 83.4 Å². The first kappa shape index (κ1) is 21.6. The van der Waals surface area contributed by atoms with Crippen molar-refractivity contribution in [1.82, 2.24) is 10.2 Å². The Balaban J connectivity index is 1.49. The lowest BCUT2D eigenvalue weighted by Crippen LogP contribution is -2.42. The number of nitrogens with one attached hydrogen (secondary N) is 2. The fraction of sp³-hybridized carbons (Fsp3) is 0.231. The summed E-state index contributed by atoms with van der Waals surface area (Å²) >= 11 is 0. The molecule has 1 fully saturated rings. The molecule has 0 atom stereocenters. The minimum Gasteiger partial charge on any atom is -0.496 e. The Kier molecular flexibility index (Phi) is 6.81. The van der Waals surface area contributed by atoms with Gasteiger partial charge in [0.25, 0.3) is 5.91 Å². The molecule has 1 heterocycles. The molecular weight excluding hydrogens is 400 g/mol. The molecule has 0 aromatic heterocycles. The smallest absolute Gasteiger partial charge is 0.255 e. The van der Waals surface area contributed by atoms with E-state index in [0.29, 0.717) is 16.8 Å². The molecule has 6 heteroatoms. The van der Waals surface area contributed by atoms with Crippen LogP contribution in [0.2, 0.25) is 0 Å². The highest BCUT2D eigenvalue weighted by molar-refractivity contribution is 6.04. The van der Waals surface area contributed by atoms with Gasteiger partial charge in [-0.3, -0.25) is 9.69 Å². The predicted molar refractivity (Wildman–Crippen MR) is 126 cm³/mol. The number of hydrogen-bond donors (Lipinski definition) is 2. The topological polar surface area (TPSA) is 77.4 Å². The molecule has 0 unspecified atom stereocenters. The van der Waals surface area contributed by atoms with E-state index in [1.54, 1.807) is 31.4 Å². The van der Waals surface area contributed by atoms with E-state index in [1.165, 1.54) is 5.56 Å². The quantitative estimate of drug-likeness (QED) is 0.625. The number of rotatable bonds is 6. The largest absolute Gasteiger partial charge is 0.496 e. The van der Waals surface area contributed by atoms with Crippen molar-refractivity contribution in [3.63, 3.8) is 0 Å². The number of ether oxygens (including phenoxy) is 1. The van der Waals surface area contributed by atoms with Crippen LogP contribution in [0.1, 0.15) is 21.5 Å². The number of methoxy groups -OCH3 is 1. The van der Waals surface area contributed by atoms with Crippen LogP contribution in [-0.4, -0.2) is 44.1 Å². The number of amides is 1. The third-order valence-electron chi connectivity index (χ3n) is 5.61. The van der Waals surface area contributed by atoms with Crippen molar-refractivity contribution in [2.24, 2.45) is 0 Å². The van der Waals surface area contributed by atoms with Crippen molar-refractivity contribution in [2.75, 3.05) is 38.6 Å².